The number of ether oxygens (including phenoxy) is 1. The van der Waals surface area contributed by atoms with Crippen LogP contribution in [0.5, 0.6) is 5.75 Å². The highest BCUT2D eigenvalue weighted by Crippen LogP contribution is 2.24. The molecule has 2 aromatic carbocycles. The lowest BCUT2D eigenvalue weighted by Crippen LogP contribution is -2.35. The molecule has 0 saturated heterocycles. The highest BCUT2D eigenvalue weighted by Gasteiger charge is 2.14. The maximum atomic E-state index is 6.39. The lowest BCUT2D eigenvalue weighted by Gasteiger charge is -2.27. The molecule has 1 N–H and O–H groups in total. The number of rotatable bonds is 8. The van der Waals surface area contributed by atoms with E-state index in [1.165, 1.54) is 0 Å². The first-order valence-corrected chi connectivity index (χ1v) is 10.2. The van der Waals surface area contributed by atoms with E-state index in [2.05, 4.69) is 25.8 Å². The molecule has 0 unspecified atom stereocenters. The number of imidazole rings is 1. The Morgan fingerprint density at radius 2 is 2.10 bits per heavy atom. The van der Waals surface area contributed by atoms with Crippen molar-refractivity contribution in [3.63, 3.8) is 0 Å². The number of hydrogen-bond acceptors (Lipinski definition) is 3. The van der Waals surface area contributed by atoms with Crippen LogP contribution in [0.25, 0.3) is 0 Å². The van der Waals surface area contributed by atoms with Gasteiger partial charge in [-0.15, -0.1) is 0 Å². The van der Waals surface area contributed by atoms with Gasteiger partial charge < -0.3 is 19.5 Å². The maximum absolute atomic E-state index is 6.39. The average Bonchev–Trinajstić information content (AvgIpc) is 3.23. The summed E-state index contributed by atoms with van der Waals surface area (Å²) in [6.07, 6.45) is 6.51. The minimum Gasteiger partial charge on any atom is -0.496 e. The van der Waals surface area contributed by atoms with Gasteiger partial charge in [-0.25, -0.2) is 4.98 Å². The Morgan fingerprint density at radius 1 is 1.28 bits per heavy atom. The first-order chi connectivity index (χ1) is 14.1. The topological polar surface area (TPSA) is 42.3 Å². The first kappa shape index (κ1) is 21.1. The molecule has 0 saturated carbocycles. The van der Waals surface area contributed by atoms with Gasteiger partial charge in [0.1, 0.15) is 5.75 Å². The number of aromatic nitrogens is 2. The number of nitrogens with one attached hydrogen (secondary N) is 1. The number of anilines is 1. The second-order valence-electron chi connectivity index (χ2n) is 6.80. The molecule has 3 rings (SSSR count). The zero-order valence-corrected chi connectivity index (χ0v) is 18.2. The molecule has 0 aliphatic carbocycles. The van der Waals surface area contributed by atoms with Crippen LogP contribution < -0.4 is 10.1 Å². The summed E-state index contributed by atoms with van der Waals surface area (Å²) in [4.78, 5) is 6.24. The number of para-hydroxylation sites is 1. The summed E-state index contributed by atoms with van der Waals surface area (Å²) in [5.41, 5.74) is 3.00. The second-order valence-corrected chi connectivity index (χ2v) is 7.59. The van der Waals surface area contributed by atoms with Gasteiger partial charge in [0, 0.05) is 37.6 Å². The van der Waals surface area contributed by atoms with Gasteiger partial charge in [0.2, 0.25) is 0 Å². The highest BCUT2D eigenvalue weighted by atomic mass is 35.5. The van der Waals surface area contributed by atoms with Crippen LogP contribution in [0.4, 0.5) is 5.69 Å². The number of methoxy groups -OCH3 is 1. The fourth-order valence-corrected chi connectivity index (χ4v) is 3.62. The zero-order chi connectivity index (χ0) is 20.6. The molecule has 0 aliphatic rings. The van der Waals surface area contributed by atoms with E-state index in [0.29, 0.717) is 16.7 Å². The van der Waals surface area contributed by atoms with E-state index in [-0.39, 0.29) is 0 Å². The molecule has 0 fully saturated rings. The van der Waals surface area contributed by atoms with Gasteiger partial charge >= 0.3 is 0 Å². The van der Waals surface area contributed by atoms with Crippen LogP contribution in [0.15, 0.2) is 61.2 Å². The summed E-state index contributed by atoms with van der Waals surface area (Å²) >= 11 is 12.1. The predicted molar refractivity (Wildman–Crippen MR) is 123 cm³/mol. The number of thiocarbonyl (C=S) groups is 1. The van der Waals surface area contributed by atoms with Gasteiger partial charge in [-0.2, -0.15) is 0 Å². The molecule has 0 aliphatic heterocycles. The molecule has 152 valence electrons. The molecule has 29 heavy (non-hydrogen) atoms. The van der Waals surface area contributed by atoms with Crippen molar-refractivity contribution in [1.82, 2.24) is 14.5 Å². The Morgan fingerprint density at radius 3 is 2.83 bits per heavy atom. The van der Waals surface area contributed by atoms with Crippen LogP contribution >= 0.6 is 23.8 Å². The van der Waals surface area contributed by atoms with Crippen molar-refractivity contribution in [2.75, 3.05) is 19.0 Å². The van der Waals surface area contributed by atoms with Crippen LogP contribution in [-0.2, 0) is 13.1 Å². The maximum Gasteiger partial charge on any atom is 0.173 e. The summed E-state index contributed by atoms with van der Waals surface area (Å²) in [6, 6.07) is 13.9. The van der Waals surface area contributed by atoms with Gasteiger partial charge in [0.25, 0.3) is 0 Å². The fraction of sp³-hybridized carbons (Fsp3) is 0.273. The van der Waals surface area contributed by atoms with Crippen molar-refractivity contribution in [3.05, 3.63) is 77.3 Å². The van der Waals surface area contributed by atoms with Gasteiger partial charge in [0.15, 0.2) is 5.11 Å². The summed E-state index contributed by atoms with van der Waals surface area (Å²) in [6.45, 7) is 4.31. The van der Waals surface area contributed by atoms with Gasteiger partial charge in [-0.05, 0) is 49.3 Å². The van der Waals surface area contributed by atoms with Crippen LogP contribution in [0, 0.1) is 6.92 Å². The van der Waals surface area contributed by atoms with Crippen LogP contribution in [0.1, 0.15) is 17.5 Å². The van der Waals surface area contributed by atoms with E-state index in [0.717, 1.165) is 42.1 Å². The van der Waals surface area contributed by atoms with Gasteiger partial charge in [-0.1, -0.05) is 35.9 Å². The molecule has 0 bridgehead atoms. The second kappa shape index (κ2) is 10.3. The van der Waals surface area contributed by atoms with E-state index in [9.17, 15) is 0 Å². The molecular weight excluding hydrogens is 404 g/mol. The van der Waals surface area contributed by atoms with E-state index in [1.807, 2.05) is 55.8 Å². The number of halogens is 1. The van der Waals surface area contributed by atoms with Crippen LogP contribution in [0.3, 0.4) is 0 Å². The summed E-state index contributed by atoms with van der Waals surface area (Å²) in [5.74, 6) is 0.850. The van der Waals surface area contributed by atoms with E-state index in [1.54, 1.807) is 13.3 Å². The van der Waals surface area contributed by atoms with Crippen LogP contribution in [0.2, 0.25) is 5.02 Å². The smallest absolute Gasteiger partial charge is 0.173 e. The molecule has 3 aromatic rings. The quantitative estimate of drug-likeness (QED) is 0.503. The van der Waals surface area contributed by atoms with Crippen molar-refractivity contribution >= 4 is 34.6 Å². The molecule has 7 heteroatoms. The monoisotopic (exact) mass is 428 g/mol. The average molecular weight is 429 g/mol. The molecule has 0 spiro atoms. The third-order valence-corrected chi connectivity index (χ3v) is 5.28. The van der Waals surface area contributed by atoms with Crippen molar-refractivity contribution in [2.24, 2.45) is 0 Å². The number of nitrogens with zero attached hydrogens (tertiary/aromatic N) is 3. The zero-order valence-electron chi connectivity index (χ0n) is 16.6. The molecular formula is C22H25ClN4OS. The standard InChI is InChI=1S/C22H25ClN4OS/c1-17-8-9-20(19(23)14-17)25-22(29)27(12-5-11-26-13-10-24-16-26)15-18-6-3-4-7-21(18)28-2/h3-4,6-10,13-14,16H,5,11-12,15H2,1-2H3,(H,25,29). The number of aryl methyl sites for hydroxylation is 2. The molecule has 1 aromatic heterocycles. The minimum absolute atomic E-state index is 0.632. The van der Waals surface area contributed by atoms with Crippen molar-refractivity contribution in [2.45, 2.75) is 26.4 Å². The minimum atomic E-state index is 0.632. The largest absolute Gasteiger partial charge is 0.496 e. The molecule has 0 atom stereocenters. The Balaban J connectivity index is 1.73. The van der Waals surface area contributed by atoms with Crippen molar-refractivity contribution in [3.8, 4) is 5.75 Å². The van der Waals surface area contributed by atoms with Gasteiger partial charge in [0.05, 0.1) is 24.1 Å². The van der Waals surface area contributed by atoms with E-state index in [4.69, 9.17) is 28.6 Å². The van der Waals surface area contributed by atoms with E-state index < -0.39 is 0 Å². The molecule has 0 amide bonds. The normalized spacial score (nSPS) is 10.6. The van der Waals surface area contributed by atoms with Gasteiger partial charge in [-0.3, -0.25) is 0 Å². The molecule has 1 heterocycles. The lowest BCUT2D eigenvalue weighted by atomic mass is 10.2. The van der Waals surface area contributed by atoms with Crippen LogP contribution in [-0.4, -0.2) is 33.2 Å². The number of hydrogen-bond donors (Lipinski definition) is 1. The predicted octanol–water partition coefficient (Wildman–Crippen LogP) is 5.14. The SMILES string of the molecule is COc1ccccc1CN(CCCn1ccnc1)C(=S)Nc1ccc(C)cc1Cl. The number of benzene rings is 2. The van der Waals surface area contributed by atoms with Crippen molar-refractivity contribution < 1.29 is 4.74 Å². The molecule has 0 radical (unpaired) electrons. The van der Waals surface area contributed by atoms with Crippen molar-refractivity contribution in [1.29, 1.82) is 0 Å². The highest BCUT2D eigenvalue weighted by molar-refractivity contribution is 7.80. The first-order valence-electron chi connectivity index (χ1n) is 9.46. The summed E-state index contributed by atoms with van der Waals surface area (Å²) in [5, 5.41) is 4.59. The Kier molecular flexibility index (Phi) is 7.49. The Bertz CT molecular complexity index is 946. The Hall–Kier alpha value is -2.57. The third-order valence-electron chi connectivity index (χ3n) is 4.61. The lowest BCUT2D eigenvalue weighted by molar-refractivity contribution is 0.372. The summed E-state index contributed by atoms with van der Waals surface area (Å²) < 4.78 is 7.58. The molecule has 5 nitrogen and oxygen atoms in total. The Labute approximate surface area is 182 Å². The summed E-state index contributed by atoms with van der Waals surface area (Å²) in [7, 11) is 1.69. The third kappa shape index (κ3) is 5.95. The fourth-order valence-electron chi connectivity index (χ4n) is 3.07. The van der Waals surface area contributed by atoms with E-state index >= 15 is 0 Å².